The Morgan fingerprint density at radius 1 is 0.593 bits per heavy atom. The molecule has 5 unspecified atom stereocenters. The zero-order chi connectivity index (χ0) is 19.9. The highest BCUT2D eigenvalue weighted by molar-refractivity contribution is 4.98. The first-order valence-electron chi connectivity index (χ1n) is 12.9. The van der Waals surface area contributed by atoms with Crippen molar-refractivity contribution in [1.29, 1.82) is 0 Å². The van der Waals surface area contributed by atoms with Crippen LogP contribution in [0.1, 0.15) is 130 Å². The van der Waals surface area contributed by atoms with Crippen molar-refractivity contribution < 1.29 is 0 Å². The Morgan fingerprint density at radius 3 is 1.67 bits per heavy atom. The van der Waals surface area contributed by atoms with Crippen LogP contribution < -0.4 is 5.73 Å². The Kier molecular flexibility index (Phi) is 14.7. The maximum Gasteiger partial charge on any atom is -0.00773 e. The molecule has 0 saturated heterocycles. The minimum atomic E-state index is 0.873. The van der Waals surface area contributed by atoms with Crippen LogP contribution in [0, 0.1) is 29.6 Å². The third-order valence-corrected chi connectivity index (χ3v) is 7.64. The number of nitrogens with two attached hydrogens (primary N) is 1. The van der Waals surface area contributed by atoms with E-state index >= 15 is 0 Å². The van der Waals surface area contributed by atoms with E-state index in [1.54, 1.807) is 0 Å². The van der Waals surface area contributed by atoms with Crippen molar-refractivity contribution >= 4 is 0 Å². The van der Waals surface area contributed by atoms with E-state index < -0.39 is 0 Å². The average molecular weight is 380 g/mol. The van der Waals surface area contributed by atoms with Gasteiger partial charge in [-0.1, -0.05) is 111 Å². The van der Waals surface area contributed by atoms with Crippen LogP contribution in [0.5, 0.6) is 0 Å². The number of hydrogen-bond donors (Lipinski definition) is 1. The molecule has 162 valence electrons. The predicted octanol–water partition coefficient (Wildman–Crippen LogP) is 8.36. The van der Waals surface area contributed by atoms with Gasteiger partial charge in [0.05, 0.1) is 0 Å². The van der Waals surface area contributed by atoms with Crippen molar-refractivity contribution in [3.63, 3.8) is 0 Å². The van der Waals surface area contributed by atoms with Gasteiger partial charge in [0.15, 0.2) is 0 Å². The fraction of sp³-hybridized carbons (Fsp3) is 1.00. The Labute approximate surface area is 172 Å². The van der Waals surface area contributed by atoms with Gasteiger partial charge in [0.1, 0.15) is 0 Å². The molecule has 0 aromatic rings. The summed E-state index contributed by atoms with van der Waals surface area (Å²) in [6.07, 6.45) is 22.9. The molecular weight excluding hydrogens is 326 g/mol. The van der Waals surface area contributed by atoms with E-state index in [4.69, 9.17) is 5.73 Å². The molecule has 1 aliphatic carbocycles. The Balaban J connectivity index is 2.47. The van der Waals surface area contributed by atoms with Gasteiger partial charge >= 0.3 is 0 Å². The van der Waals surface area contributed by atoms with Gasteiger partial charge in [-0.2, -0.15) is 0 Å². The fourth-order valence-corrected chi connectivity index (χ4v) is 5.97. The average Bonchev–Trinajstić information content (AvgIpc) is 2.67. The summed E-state index contributed by atoms with van der Waals surface area (Å²) < 4.78 is 0. The van der Waals surface area contributed by atoms with Crippen LogP contribution in [-0.2, 0) is 0 Å². The van der Waals surface area contributed by atoms with E-state index in [0.29, 0.717) is 0 Å². The lowest BCUT2D eigenvalue weighted by molar-refractivity contribution is -0.0729. The van der Waals surface area contributed by atoms with E-state index in [0.717, 1.165) is 36.1 Å². The molecular formula is C26H53N. The lowest BCUT2D eigenvalue weighted by Crippen LogP contribution is -2.49. The summed E-state index contributed by atoms with van der Waals surface area (Å²) in [5, 5.41) is 0. The Bertz CT molecular complexity index is 326. The zero-order valence-electron chi connectivity index (χ0n) is 19.5. The zero-order valence-corrected chi connectivity index (χ0v) is 19.5. The van der Waals surface area contributed by atoms with E-state index in [2.05, 4.69) is 27.7 Å². The molecule has 0 spiro atoms. The first-order chi connectivity index (χ1) is 13.2. The summed E-state index contributed by atoms with van der Waals surface area (Å²) in [4.78, 5) is 0. The van der Waals surface area contributed by atoms with E-state index in [9.17, 15) is 0 Å². The second-order valence-electron chi connectivity index (χ2n) is 9.64. The molecule has 1 aliphatic rings. The summed E-state index contributed by atoms with van der Waals surface area (Å²) in [7, 11) is 0. The van der Waals surface area contributed by atoms with Crippen molar-refractivity contribution in [3.8, 4) is 0 Å². The molecule has 1 fully saturated rings. The summed E-state index contributed by atoms with van der Waals surface area (Å²) in [6.45, 7) is 10.6. The molecule has 0 bridgehead atoms. The lowest BCUT2D eigenvalue weighted by atomic mass is 9.49. The topological polar surface area (TPSA) is 26.0 Å². The van der Waals surface area contributed by atoms with Gasteiger partial charge in [-0.15, -0.1) is 0 Å². The molecule has 1 rings (SSSR count). The number of rotatable bonds is 18. The van der Waals surface area contributed by atoms with Crippen molar-refractivity contribution in [1.82, 2.24) is 0 Å². The molecule has 1 heteroatoms. The van der Waals surface area contributed by atoms with Crippen LogP contribution in [-0.4, -0.2) is 6.54 Å². The van der Waals surface area contributed by atoms with Crippen LogP contribution in [0.25, 0.3) is 0 Å². The van der Waals surface area contributed by atoms with Gasteiger partial charge in [-0.05, 0) is 55.4 Å². The van der Waals surface area contributed by atoms with Crippen LogP contribution in [0.2, 0.25) is 0 Å². The highest BCUT2D eigenvalue weighted by Crippen LogP contribution is 2.56. The highest BCUT2D eigenvalue weighted by Gasteiger charge is 2.49. The summed E-state index contributed by atoms with van der Waals surface area (Å²) in [5.74, 6) is 5.11. The first kappa shape index (κ1) is 25.0. The van der Waals surface area contributed by atoms with E-state index in [1.807, 2.05) is 0 Å². The molecule has 1 nitrogen and oxygen atoms in total. The molecule has 2 N–H and O–H groups in total. The van der Waals surface area contributed by atoms with Crippen LogP contribution >= 0.6 is 0 Å². The lowest BCUT2D eigenvalue weighted by Gasteiger charge is -2.56. The molecule has 0 amide bonds. The normalized spacial score (nSPS) is 26.1. The smallest absolute Gasteiger partial charge is 0.00773 e. The van der Waals surface area contributed by atoms with Crippen LogP contribution in [0.3, 0.4) is 0 Å². The second-order valence-corrected chi connectivity index (χ2v) is 9.64. The minimum absolute atomic E-state index is 0.873. The summed E-state index contributed by atoms with van der Waals surface area (Å²) >= 11 is 0. The van der Waals surface area contributed by atoms with E-state index in [1.165, 1.54) is 103 Å². The van der Waals surface area contributed by atoms with Gasteiger partial charge in [0.25, 0.3) is 0 Å². The van der Waals surface area contributed by atoms with Gasteiger partial charge in [-0.25, -0.2) is 0 Å². The summed E-state index contributed by atoms with van der Waals surface area (Å²) in [5.41, 5.74) is 5.63. The van der Waals surface area contributed by atoms with Crippen LogP contribution in [0.4, 0.5) is 0 Å². The molecule has 0 aliphatic heterocycles. The standard InChI is InChI=1S/C26H53N/c1-5-8-9-10-12-16-20-25-23(19-15-13-11-14-17-21-27)24(18-6-2)26(25)22(4)7-3/h22-26H,5-21,27H2,1-4H3. The fourth-order valence-electron chi connectivity index (χ4n) is 5.97. The molecule has 0 aromatic heterocycles. The van der Waals surface area contributed by atoms with Crippen molar-refractivity contribution in [2.45, 2.75) is 130 Å². The predicted molar refractivity (Wildman–Crippen MR) is 123 cm³/mol. The molecule has 1 saturated carbocycles. The van der Waals surface area contributed by atoms with Crippen molar-refractivity contribution in [2.24, 2.45) is 35.3 Å². The van der Waals surface area contributed by atoms with E-state index in [-0.39, 0.29) is 0 Å². The quantitative estimate of drug-likeness (QED) is 0.238. The Morgan fingerprint density at radius 2 is 1.11 bits per heavy atom. The molecule has 5 atom stereocenters. The van der Waals surface area contributed by atoms with Crippen molar-refractivity contribution in [3.05, 3.63) is 0 Å². The summed E-state index contributed by atoms with van der Waals surface area (Å²) in [6, 6.07) is 0. The Hall–Kier alpha value is -0.0400. The minimum Gasteiger partial charge on any atom is -0.330 e. The largest absolute Gasteiger partial charge is 0.330 e. The van der Waals surface area contributed by atoms with Crippen molar-refractivity contribution in [2.75, 3.05) is 6.54 Å². The van der Waals surface area contributed by atoms with Gasteiger partial charge < -0.3 is 5.73 Å². The van der Waals surface area contributed by atoms with Gasteiger partial charge in [0.2, 0.25) is 0 Å². The van der Waals surface area contributed by atoms with Gasteiger partial charge in [0, 0.05) is 0 Å². The van der Waals surface area contributed by atoms with Crippen LogP contribution in [0.15, 0.2) is 0 Å². The third kappa shape index (κ3) is 8.88. The maximum absolute atomic E-state index is 5.63. The molecule has 27 heavy (non-hydrogen) atoms. The SMILES string of the molecule is CCCCCCCCC1C(CCCCCCCN)C(CCC)C1C(C)CC. The first-order valence-corrected chi connectivity index (χ1v) is 12.9. The molecule has 0 aromatic carbocycles. The van der Waals surface area contributed by atoms with Gasteiger partial charge in [-0.3, -0.25) is 0 Å². The molecule has 0 radical (unpaired) electrons. The maximum atomic E-state index is 5.63. The number of unbranched alkanes of at least 4 members (excludes halogenated alkanes) is 9. The second kappa shape index (κ2) is 15.8. The monoisotopic (exact) mass is 379 g/mol. The third-order valence-electron chi connectivity index (χ3n) is 7.64. The number of hydrogen-bond acceptors (Lipinski definition) is 1. The molecule has 0 heterocycles. The highest BCUT2D eigenvalue weighted by atomic mass is 14.5.